The molecule has 0 aliphatic carbocycles. The van der Waals surface area contributed by atoms with E-state index in [4.69, 9.17) is 9.84 Å². The molecule has 2 atom stereocenters. The summed E-state index contributed by atoms with van der Waals surface area (Å²) < 4.78 is 10.2. The van der Waals surface area contributed by atoms with Crippen LogP contribution in [0, 0.1) is 0 Å². The molecule has 3 heteroatoms. The highest BCUT2D eigenvalue weighted by atomic mass is 16.7. The minimum atomic E-state index is -0.792. The van der Waals surface area contributed by atoms with Crippen LogP contribution in [-0.2, 0) is 9.47 Å². The average Bonchev–Trinajstić information content (AvgIpc) is 3.19. The van der Waals surface area contributed by atoms with E-state index < -0.39 is 5.79 Å². The summed E-state index contributed by atoms with van der Waals surface area (Å²) in [6.07, 6.45) is 8.26. The van der Waals surface area contributed by atoms with E-state index in [2.05, 4.69) is 41.2 Å². The smallest absolute Gasteiger partial charge is 0.189 e. The summed E-state index contributed by atoms with van der Waals surface area (Å²) in [7, 11) is 0. The standard InChI is InChI=1S/C18H18O.C4H8O2/c1-3-9-17(10-4-1)13-7-15-19-16-8-14-18-11-5-2-6-12-18;1-3-4(2,5)6-3/h1-14H,15-16H2;3,5H,1-2H3. The Morgan fingerprint density at radius 2 is 1.28 bits per heavy atom. The monoisotopic (exact) mass is 338 g/mol. The fourth-order valence-corrected chi connectivity index (χ4v) is 2.02. The van der Waals surface area contributed by atoms with Crippen molar-refractivity contribution in [3.8, 4) is 0 Å². The van der Waals surface area contributed by atoms with Crippen LogP contribution in [0.25, 0.3) is 12.2 Å². The molecule has 2 unspecified atom stereocenters. The first-order valence-corrected chi connectivity index (χ1v) is 8.49. The van der Waals surface area contributed by atoms with Gasteiger partial charge in [-0.1, -0.05) is 85.0 Å². The Labute approximate surface area is 150 Å². The van der Waals surface area contributed by atoms with Crippen molar-refractivity contribution in [2.45, 2.75) is 25.7 Å². The van der Waals surface area contributed by atoms with E-state index in [9.17, 15) is 0 Å². The van der Waals surface area contributed by atoms with Gasteiger partial charge in [0.2, 0.25) is 0 Å². The lowest BCUT2D eigenvalue weighted by Gasteiger charge is -1.96. The molecule has 3 rings (SSSR count). The molecule has 2 aromatic carbocycles. The Morgan fingerprint density at radius 3 is 1.60 bits per heavy atom. The van der Waals surface area contributed by atoms with E-state index in [0.717, 1.165) is 0 Å². The van der Waals surface area contributed by atoms with Crippen LogP contribution < -0.4 is 0 Å². The van der Waals surface area contributed by atoms with E-state index in [1.54, 1.807) is 6.92 Å². The zero-order valence-electron chi connectivity index (χ0n) is 14.8. The number of ether oxygens (including phenoxy) is 2. The summed E-state index contributed by atoms with van der Waals surface area (Å²) in [5, 5.41) is 8.68. The topological polar surface area (TPSA) is 42.0 Å². The maximum absolute atomic E-state index is 8.68. The van der Waals surface area contributed by atoms with E-state index in [1.165, 1.54) is 11.1 Å². The normalized spacial score (nSPS) is 22.0. The van der Waals surface area contributed by atoms with E-state index in [0.29, 0.717) is 13.2 Å². The predicted octanol–water partition coefficient (Wildman–Crippen LogP) is 4.54. The summed E-state index contributed by atoms with van der Waals surface area (Å²) in [5.41, 5.74) is 2.40. The lowest BCUT2D eigenvalue weighted by Crippen LogP contribution is -2.03. The largest absolute Gasteiger partial charge is 0.373 e. The Balaban J connectivity index is 0.000000316. The molecule has 0 bridgehead atoms. The number of rotatable bonds is 6. The summed E-state index contributed by atoms with van der Waals surface area (Å²) in [5.74, 6) is -0.792. The molecular weight excluding hydrogens is 312 g/mol. The molecule has 0 amide bonds. The Hall–Kier alpha value is -2.20. The van der Waals surface area contributed by atoms with E-state index in [1.807, 2.05) is 55.5 Å². The van der Waals surface area contributed by atoms with Gasteiger partial charge in [0.25, 0.3) is 0 Å². The lowest BCUT2D eigenvalue weighted by atomic mass is 10.2. The average molecular weight is 338 g/mol. The summed E-state index contributed by atoms with van der Waals surface area (Å²) in [6, 6.07) is 20.5. The van der Waals surface area contributed by atoms with Crippen LogP contribution in [-0.4, -0.2) is 30.2 Å². The van der Waals surface area contributed by atoms with Crippen molar-refractivity contribution in [3.63, 3.8) is 0 Å². The third kappa shape index (κ3) is 7.94. The van der Waals surface area contributed by atoms with Gasteiger partial charge < -0.3 is 14.6 Å². The minimum Gasteiger partial charge on any atom is -0.373 e. The van der Waals surface area contributed by atoms with Crippen molar-refractivity contribution in [1.29, 1.82) is 0 Å². The molecule has 1 heterocycles. The number of benzene rings is 2. The maximum atomic E-state index is 8.68. The molecule has 1 N–H and O–H groups in total. The molecule has 1 aliphatic rings. The van der Waals surface area contributed by atoms with Crippen LogP contribution in [0.2, 0.25) is 0 Å². The van der Waals surface area contributed by atoms with Crippen molar-refractivity contribution in [1.82, 2.24) is 0 Å². The quantitative estimate of drug-likeness (QED) is 0.621. The highest BCUT2D eigenvalue weighted by molar-refractivity contribution is 5.49. The van der Waals surface area contributed by atoms with Crippen LogP contribution in [0.3, 0.4) is 0 Å². The molecule has 3 nitrogen and oxygen atoms in total. The van der Waals surface area contributed by atoms with E-state index in [-0.39, 0.29) is 6.10 Å². The third-order valence-electron chi connectivity index (χ3n) is 3.76. The number of hydrogen-bond acceptors (Lipinski definition) is 3. The summed E-state index contributed by atoms with van der Waals surface area (Å²) in [6.45, 7) is 4.75. The predicted molar refractivity (Wildman–Crippen MR) is 103 cm³/mol. The second-order valence-electron chi connectivity index (χ2n) is 5.98. The van der Waals surface area contributed by atoms with Crippen molar-refractivity contribution >= 4 is 12.2 Å². The van der Waals surface area contributed by atoms with Gasteiger partial charge in [0.15, 0.2) is 5.79 Å². The molecule has 0 spiro atoms. The van der Waals surface area contributed by atoms with Gasteiger partial charge in [0.1, 0.15) is 6.10 Å². The Bertz CT molecular complexity index is 611. The zero-order valence-corrected chi connectivity index (χ0v) is 14.8. The first kappa shape index (κ1) is 19.1. The molecule has 0 aromatic heterocycles. The van der Waals surface area contributed by atoms with Gasteiger partial charge in [-0.25, -0.2) is 0 Å². The fourth-order valence-electron chi connectivity index (χ4n) is 2.02. The molecule has 1 saturated heterocycles. The Morgan fingerprint density at radius 1 is 0.920 bits per heavy atom. The van der Waals surface area contributed by atoms with Crippen molar-refractivity contribution < 1.29 is 14.6 Å². The Kier molecular flexibility index (Phi) is 7.61. The van der Waals surface area contributed by atoms with E-state index >= 15 is 0 Å². The van der Waals surface area contributed by atoms with Gasteiger partial charge >= 0.3 is 0 Å². The van der Waals surface area contributed by atoms with Gasteiger partial charge in [-0.15, -0.1) is 0 Å². The first-order chi connectivity index (χ1) is 12.1. The van der Waals surface area contributed by atoms with Gasteiger partial charge in [-0.2, -0.15) is 0 Å². The van der Waals surface area contributed by atoms with Crippen LogP contribution in [0.1, 0.15) is 25.0 Å². The van der Waals surface area contributed by atoms with Crippen molar-refractivity contribution in [2.75, 3.05) is 13.2 Å². The van der Waals surface area contributed by atoms with Crippen LogP contribution in [0.5, 0.6) is 0 Å². The fraction of sp³-hybridized carbons (Fsp3) is 0.273. The molecule has 2 aromatic rings. The minimum absolute atomic E-state index is 0.0532. The zero-order chi connectivity index (χ0) is 18.0. The number of epoxide rings is 1. The highest BCUT2D eigenvalue weighted by Gasteiger charge is 2.46. The molecular formula is C22H26O3. The lowest BCUT2D eigenvalue weighted by molar-refractivity contribution is 0.0549. The summed E-state index contributed by atoms with van der Waals surface area (Å²) >= 11 is 0. The van der Waals surface area contributed by atoms with Crippen LogP contribution >= 0.6 is 0 Å². The SMILES string of the molecule is C(=Cc1ccccc1)COCC=Cc1ccccc1.CC1OC1(C)O. The molecule has 1 fully saturated rings. The molecule has 0 saturated carbocycles. The van der Waals surface area contributed by atoms with Crippen molar-refractivity contribution in [2.24, 2.45) is 0 Å². The first-order valence-electron chi connectivity index (χ1n) is 8.49. The van der Waals surface area contributed by atoms with Gasteiger partial charge in [0, 0.05) is 0 Å². The summed E-state index contributed by atoms with van der Waals surface area (Å²) in [4.78, 5) is 0. The van der Waals surface area contributed by atoms with Crippen molar-refractivity contribution in [3.05, 3.63) is 83.9 Å². The van der Waals surface area contributed by atoms with Gasteiger partial charge in [0.05, 0.1) is 13.2 Å². The molecule has 25 heavy (non-hydrogen) atoms. The number of aliphatic hydroxyl groups is 1. The second kappa shape index (κ2) is 9.94. The second-order valence-corrected chi connectivity index (χ2v) is 5.98. The highest BCUT2D eigenvalue weighted by Crippen LogP contribution is 2.31. The van der Waals surface area contributed by atoms with Gasteiger partial charge in [-0.3, -0.25) is 0 Å². The number of hydrogen-bond donors (Lipinski definition) is 1. The van der Waals surface area contributed by atoms with Crippen LogP contribution in [0.15, 0.2) is 72.8 Å². The maximum Gasteiger partial charge on any atom is 0.189 e. The van der Waals surface area contributed by atoms with Gasteiger partial charge in [-0.05, 0) is 25.0 Å². The molecule has 132 valence electrons. The third-order valence-corrected chi connectivity index (χ3v) is 3.76. The molecule has 0 radical (unpaired) electrons. The molecule has 1 aliphatic heterocycles. The van der Waals surface area contributed by atoms with Crippen LogP contribution in [0.4, 0.5) is 0 Å².